The molecule has 0 saturated heterocycles. The van der Waals surface area contributed by atoms with Crippen LogP contribution in [0.4, 0.5) is 0 Å². The molecule has 3 aliphatic heterocycles. The topological polar surface area (TPSA) is 143 Å². The predicted molar refractivity (Wildman–Crippen MR) is 257 cm³/mol. The maximum atomic E-state index is 13.7. The SMILES string of the molecule is CCc1c2c(nc3ccc(OC(=O)CCC(=O)Oc4c(C)c(C)c5c(c4C)CC[C@@](C)(CCCC(C)CCCC(C)CCCC(C)C)O5)cc13)-c1cc3c(c(=O)n1C2)COC(=O)[C@]3(O)CC. The van der Waals surface area contributed by atoms with Crippen LogP contribution in [0.3, 0.4) is 0 Å². The maximum absolute atomic E-state index is 13.7. The molecule has 4 aromatic rings. The molecule has 4 atom stereocenters. The molecule has 0 radical (unpaired) electrons. The monoisotopic (exact) mass is 905 g/mol. The molecule has 0 bridgehead atoms. The molecule has 5 heterocycles. The zero-order valence-corrected chi connectivity index (χ0v) is 41.2. The number of fused-ring (bicyclic) bond motifs is 6. The van der Waals surface area contributed by atoms with Crippen LogP contribution in [0.5, 0.6) is 17.2 Å². The van der Waals surface area contributed by atoms with Crippen LogP contribution in [0, 0.1) is 38.5 Å². The zero-order valence-electron chi connectivity index (χ0n) is 41.2. The van der Waals surface area contributed by atoms with Crippen LogP contribution in [-0.4, -0.2) is 38.2 Å². The number of ether oxygens (including phenoxy) is 4. The van der Waals surface area contributed by atoms with Crippen molar-refractivity contribution in [1.29, 1.82) is 0 Å². The van der Waals surface area contributed by atoms with Gasteiger partial charge in [-0.1, -0.05) is 86.5 Å². The van der Waals surface area contributed by atoms with Gasteiger partial charge in [0.15, 0.2) is 5.60 Å². The highest BCUT2D eigenvalue weighted by molar-refractivity contribution is 5.90. The van der Waals surface area contributed by atoms with E-state index < -0.39 is 23.5 Å². The summed E-state index contributed by atoms with van der Waals surface area (Å²) in [5.74, 6) is 2.25. The van der Waals surface area contributed by atoms with Crippen LogP contribution in [0.15, 0.2) is 29.1 Å². The van der Waals surface area contributed by atoms with Gasteiger partial charge in [0.1, 0.15) is 29.5 Å². The Morgan fingerprint density at radius 1 is 0.848 bits per heavy atom. The van der Waals surface area contributed by atoms with Gasteiger partial charge in [-0.25, -0.2) is 9.78 Å². The van der Waals surface area contributed by atoms with Crippen LogP contribution in [0.2, 0.25) is 0 Å². The lowest BCUT2D eigenvalue weighted by Gasteiger charge is -2.38. The van der Waals surface area contributed by atoms with E-state index in [2.05, 4.69) is 34.6 Å². The fourth-order valence-corrected chi connectivity index (χ4v) is 10.6. The van der Waals surface area contributed by atoms with E-state index in [0.29, 0.717) is 40.7 Å². The number of aromatic nitrogens is 2. The fourth-order valence-electron chi connectivity index (χ4n) is 10.6. The van der Waals surface area contributed by atoms with E-state index in [1.807, 2.05) is 27.7 Å². The van der Waals surface area contributed by atoms with Gasteiger partial charge in [0.05, 0.1) is 41.9 Å². The summed E-state index contributed by atoms with van der Waals surface area (Å²) in [6.07, 6.45) is 13.4. The van der Waals surface area contributed by atoms with Gasteiger partial charge in [0, 0.05) is 22.1 Å². The third kappa shape index (κ3) is 9.97. The predicted octanol–water partition coefficient (Wildman–Crippen LogP) is 11.4. The van der Waals surface area contributed by atoms with E-state index in [1.54, 1.807) is 35.8 Å². The number of hydrogen-bond acceptors (Lipinski definition) is 10. The number of nitrogens with zero attached hydrogens (tertiary/aromatic N) is 2. The van der Waals surface area contributed by atoms with Crippen molar-refractivity contribution in [2.45, 2.75) is 190 Å². The normalized spacial score (nSPS) is 19.4. The number of esters is 3. The summed E-state index contributed by atoms with van der Waals surface area (Å²) >= 11 is 0. The number of carbonyl (C=O) groups excluding carboxylic acids is 3. The Morgan fingerprint density at radius 3 is 2.18 bits per heavy atom. The highest BCUT2D eigenvalue weighted by atomic mass is 16.6. The van der Waals surface area contributed by atoms with Crippen molar-refractivity contribution in [3.05, 3.63) is 79.1 Å². The summed E-state index contributed by atoms with van der Waals surface area (Å²) in [6.45, 7) is 21.4. The highest BCUT2D eigenvalue weighted by Gasteiger charge is 2.45. The first-order chi connectivity index (χ1) is 31.4. The Balaban J connectivity index is 0.939. The van der Waals surface area contributed by atoms with Crippen molar-refractivity contribution >= 4 is 28.8 Å². The number of pyridine rings is 2. The lowest BCUT2D eigenvalue weighted by Crippen LogP contribution is -2.44. The molecule has 2 unspecified atom stereocenters. The van der Waals surface area contributed by atoms with Crippen LogP contribution in [-0.2, 0) is 50.7 Å². The van der Waals surface area contributed by atoms with Crippen LogP contribution in [0.1, 0.15) is 176 Å². The summed E-state index contributed by atoms with van der Waals surface area (Å²) < 4.78 is 25.4. The minimum Gasteiger partial charge on any atom is -0.487 e. The summed E-state index contributed by atoms with van der Waals surface area (Å²) in [5.41, 5.74) is 5.46. The molecular formula is C55H72N2O9. The van der Waals surface area contributed by atoms with E-state index in [-0.39, 0.29) is 54.7 Å². The minimum atomic E-state index is -1.91. The van der Waals surface area contributed by atoms with Crippen molar-refractivity contribution in [2.75, 3.05) is 0 Å². The van der Waals surface area contributed by atoms with E-state index in [4.69, 9.17) is 23.9 Å². The largest absolute Gasteiger partial charge is 0.487 e. The summed E-state index contributed by atoms with van der Waals surface area (Å²) in [4.78, 5) is 57.8. The number of rotatable bonds is 19. The number of benzene rings is 2. The smallest absolute Gasteiger partial charge is 0.343 e. The van der Waals surface area contributed by atoms with Crippen molar-refractivity contribution in [3.8, 4) is 28.6 Å². The van der Waals surface area contributed by atoms with E-state index >= 15 is 0 Å². The van der Waals surface area contributed by atoms with Gasteiger partial charge in [-0.15, -0.1) is 0 Å². The molecule has 11 nitrogen and oxygen atoms in total. The van der Waals surface area contributed by atoms with E-state index in [0.717, 1.165) is 82.0 Å². The molecule has 2 aromatic carbocycles. The number of carbonyl (C=O) groups is 3. The molecule has 356 valence electrons. The Kier molecular flexibility index (Phi) is 14.9. The van der Waals surface area contributed by atoms with Crippen LogP contribution < -0.4 is 19.8 Å². The summed E-state index contributed by atoms with van der Waals surface area (Å²) in [5, 5.41) is 12.0. The van der Waals surface area contributed by atoms with E-state index in [1.165, 1.54) is 44.9 Å². The Bertz CT molecular complexity index is 2570. The molecule has 2 aromatic heterocycles. The standard InChI is InChI=1S/C55H72N2O9/c1-11-39-41-28-38(21-22-45(41)56-49-42(39)30-57-46(49)29-44-43(52(57)60)31-63-53(61)55(44,62)12-2)64-47(58)23-24-48(59)65-50-35(7)36(8)51-40(37(50)9)25-27-54(10,66-51)26-15-20-34(6)19-14-18-33(5)17-13-16-32(3)4/h21-22,28-29,32-34,62H,11-20,23-27,30-31H2,1-10H3/t33?,34?,54-,55+/m1/s1. The molecule has 0 aliphatic carbocycles. The van der Waals surface area contributed by atoms with E-state index in [9.17, 15) is 24.3 Å². The Hall–Kier alpha value is -5.03. The molecule has 0 spiro atoms. The molecule has 0 fully saturated rings. The van der Waals surface area contributed by atoms with Crippen molar-refractivity contribution in [3.63, 3.8) is 0 Å². The van der Waals surface area contributed by atoms with Crippen LogP contribution >= 0.6 is 0 Å². The van der Waals surface area contributed by atoms with Crippen molar-refractivity contribution < 1.29 is 38.4 Å². The molecule has 1 N–H and O–H groups in total. The zero-order chi connectivity index (χ0) is 47.7. The number of aryl methyl sites for hydroxylation is 1. The Labute approximate surface area is 391 Å². The first kappa shape index (κ1) is 48.9. The third-order valence-electron chi connectivity index (χ3n) is 14.9. The molecular weight excluding hydrogens is 833 g/mol. The van der Waals surface area contributed by atoms with Crippen molar-refractivity contribution in [2.24, 2.45) is 17.8 Å². The van der Waals surface area contributed by atoms with Gasteiger partial charge in [-0.05, 0) is 130 Å². The molecule has 0 saturated carbocycles. The fraction of sp³-hybridized carbons (Fsp3) is 0.582. The lowest BCUT2D eigenvalue weighted by molar-refractivity contribution is -0.172. The average molecular weight is 905 g/mol. The maximum Gasteiger partial charge on any atom is 0.343 e. The first-order valence-electron chi connectivity index (χ1n) is 24.7. The molecule has 3 aliphatic rings. The van der Waals surface area contributed by atoms with Gasteiger partial charge >= 0.3 is 17.9 Å². The highest BCUT2D eigenvalue weighted by Crippen LogP contribution is 2.46. The van der Waals surface area contributed by atoms with Crippen molar-refractivity contribution in [1.82, 2.24) is 9.55 Å². The Morgan fingerprint density at radius 2 is 1.52 bits per heavy atom. The van der Waals surface area contributed by atoms with Gasteiger partial charge in [0.2, 0.25) is 0 Å². The molecule has 66 heavy (non-hydrogen) atoms. The molecule has 7 rings (SSSR count). The van der Waals surface area contributed by atoms with Gasteiger partial charge in [-0.2, -0.15) is 0 Å². The lowest BCUT2D eigenvalue weighted by atomic mass is 9.83. The molecule has 11 heteroatoms. The quantitative estimate of drug-likeness (QED) is 0.0628. The number of cyclic esters (lactones) is 1. The second-order valence-electron chi connectivity index (χ2n) is 20.4. The summed E-state index contributed by atoms with van der Waals surface area (Å²) in [6, 6.07) is 6.89. The third-order valence-corrected chi connectivity index (χ3v) is 14.9. The second-order valence-corrected chi connectivity index (χ2v) is 20.4. The van der Waals surface area contributed by atoms with Crippen LogP contribution in [0.25, 0.3) is 22.3 Å². The number of aliphatic hydroxyl groups is 1. The average Bonchev–Trinajstić information content (AvgIpc) is 3.65. The molecule has 0 amide bonds. The van der Waals surface area contributed by atoms with Gasteiger partial charge in [-0.3, -0.25) is 14.4 Å². The summed E-state index contributed by atoms with van der Waals surface area (Å²) in [7, 11) is 0. The van der Waals surface area contributed by atoms with Gasteiger partial charge < -0.3 is 28.6 Å². The minimum absolute atomic E-state index is 0.0599. The first-order valence-corrected chi connectivity index (χ1v) is 24.7. The second kappa shape index (κ2) is 20.1. The number of hydrogen-bond donors (Lipinski definition) is 1. The van der Waals surface area contributed by atoms with Gasteiger partial charge in [0.25, 0.3) is 5.56 Å².